The summed E-state index contributed by atoms with van der Waals surface area (Å²) in [5, 5.41) is 9.09. The van der Waals surface area contributed by atoms with Crippen molar-refractivity contribution in [2.45, 2.75) is 46.1 Å². The summed E-state index contributed by atoms with van der Waals surface area (Å²) in [5.74, 6) is 1.33. The Morgan fingerprint density at radius 1 is 1.38 bits per heavy atom. The molecular formula is C18H22N2O. The molecule has 2 aliphatic rings. The van der Waals surface area contributed by atoms with Gasteiger partial charge >= 0.3 is 0 Å². The number of benzene rings is 1. The second-order valence-electron chi connectivity index (χ2n) is 6.83. The summed E-state index contributed by atoms with van der Waals surface area (Å²) in [4.78, 5) is 14.8. The molecule has 0 N–H and O–H groups in total. The van der Waals surface area contributed by atoms with Crippen LogP contribution in [0.4, 0.5) is 5.69 Å². The molecule has 0 radical (unpaired) electrons. The molecule has 3 heteroatoms. The first-order valence-corrected chi connectivity index (χ1v) is 7.89. The summed E-state index contributed by atoms with van der Waals surface area (Å²) in [5.41, 5.74) is 2.86. The topological polar surface area (TPSA) is 44.1 Å². The van der Waals surface area contributed by atoms with Crippen LogP contribution in [0.5, 0.6) is 0 Å². The third-order valence-corrected chi connectivity index (χ3v) is 4.73. The second-order valence-corrected chi connectivity index (χ2v) is 6.83. The van der Waals surface area contributed by atoms with Crippen LogP contribution < -0.4 is 4.90 Å². The number of carbonyl (C=O) groups excluding carboxylic acids is 1. The van der Waals surface area contributed by atoms with Crippen LogP contribution in [0.2, 0.25) is 0 Å². The molecule has 1 amide bonds. The molecule has 2 atom stereocenters. The number of hydrogen-bond donors (Lipinski definition) is 0. The van der Waals surface area contributed by atoms with Crippen molar-refractivity contribution in [3.8, 4) is 6.07 Å². The van der Waals surface area contributed by atoms with E-state index in [0.717, 1.165) is 17.7 Å². The summed E-state index contributed by atoms with van der Waals surface area (Å²) in [6, 6.07) is 8.29. The zero-order valence-electron chi connectivity index (χ0n) is 13.0. The van der Waals surface area contributed by atoms with E-state index in [9.17, 15) is 4.79 Å². The van der Waals surface area contributed by atoms with Crippen molar-refractivity contribution >= 4 is 11.6 Å². The number of hydrogen-bond acceptors (Lipinski definition) is 2. The molecule has 21 heavy (non-hydrogen) atoms. The van der Waals surface area contributed by atoms with Gasteiger partial charge in [0, 0.05) is 17.6 Å². The van der Waals surface area contributed by atoms with Crippen molar-refractivity contribution < 1.29 is 4.79 Å². The highest BCUT2D eigenvalue weighted by Crippen LogP contribution is 2.45. The van der Waals surface area contributed by atoms with Gasteiger partial charge in [0.15, 0.2) is 0 Å². The molecule has 3 rings (SSSR count). The minimum Gasteiger partial charge on any atom is -0.308 e. The molecule has 0 bridgehead atoms. The Hall–Kier alpha value is -1.82. The highest BCUT2D eigenvalue weighted by Gasteiger charge is 2.44. The first-order chi connectivity index (χ1) is 10.0. The van der Waals surface area contributed by atoms with Crippen molar-refractivity contribution in [3.63, 3.8) is 0 Å². The van der Waals surface area contributed by atoms with Crippen LogP contribution in [-0.4, -0.2) is 11.9 Å². The van der Waals surface area contributed by atoms with Gasteiger partial charge in [-0.1, -0.05) is 20.8 Å². The maximum atomic E-state index is 12.8. The largest absolute Gasteiger partial charge is 0.308 e. The summed E-state index contributed by atoms with van der Waals surface area (Å²) in [6.07, 6.45) is 3.44. The Morgan fingerprint density at radius 2 is 2.10 bits per heavy atom. The van der Waals surface area contributed by atoms with E-state index in [1.54, 1.807) is 0 Å². The molecule has 1 aliphatic heterocycles. The lowest BCUT2D eigenvalue weighted by molar-refractivity contribution is -0.122. The number of carbonyl (C=O) groups is 1. The van der Waals surface area contributed by atoms with Crippen LogP contribution in [0.25, 0.3) is 0 Å². The van der Waals surface area contributed by atoms with Crippen LogP contribution in [-0.2, 0) is 11.2 Å². The normalized spacial score (nSPS) is 24.6. The van der Waals surface area contributed by atoms with Crippen LogP contribution in [0.15, 0.2) is 18.2 Å². The molecule has 0 saturated heterocycles. The zero-order valence-corrected chi connectivity index (χ0v) is 13.0. The molecule has 0 spiro atoms. The number of anilines is 1. The molecule has 1 heterocycles. The molecule has 1 saturated carbocycles. The quantitative estimate of drug-likeness (QED) is 0.833. The lowest BCUT2D eigenvalue weighted by Crippen LogP contribution is -2.50. The fraction of sp³-hybridized carbons (Fsp3) is 0.556. The van der Waals surface area contributed by atoms with Gasteiger partial charge in [0.2, 0.25) is 5.91 Å². The zero-order chi connectivity index (χ0) is 15.1. The number of fused-ring (bicyclic) bond motifs is 1. The predicted molar refractivity (Wildman–Crippen MR) is 82.9 cm³/mol. The number of amides is 1. The van der Waals surface area contributed by atoms with E-state index in [1.807, 2.05) is 36.9 Å². The maximum absolute atomic E-state index is 12.8. The minimum absolute atomic E-state index is 0.0000401. The standard InChI is InChI=1S/C18H22N2O/c1-11(2)18(21)20-16-7-4-13(10-19)9-15(16)8-12(3)17(20)14-5-6-14/h4,7,9,11-12,14,17H,5-6,8H2,1-3H3/t12?,17-/m1/s1. The Morgan fingerprint density at radius 3 is 2.67 bits per heavy atom. The fourth-order valence-electron chi connectivity index (χ4n) is 3.59. The van der Waals surface area contributed by atoms with Crippen molar-refractivity contribution in [1.29, 1.82) is 5.26 Å². The first-order valence-electron chi connectivity index (χ1n) is 7.89. The summed E-state index contributed by atoms with van der Waals surface area (Å²) in [7, 11) is 0. The van der Waals surface area contributed by atoms with Gasteiger partial charge in [0.05, 0.1) is 11.6 Å². The van der Waals surface area contributed by atoms with Gasteiger partial charge in [-0.15, -0.1) is 0 Å². The molecule has 3 nitrogen and oxygen atoms in total. The van der Waals surface area contributed by atoms with Crippen molar-refractivity contribution in [3.05, 3.63) is 29.3 Å². The van der Waals surface area contributed by atoms with Gasteiger partial charge in [-0.25, -0.2) is 0 Å². The summed E-state index contributed by atoms with van der Waals surface area (Å²) < 4.78 is 0. The molecule has 1 aromatic rings. The van der Waals surface area contributed by atoms with Crippen molar-refractivity contribution in [1.82, 2.24) is 0 Å². The number of nitriles is 1. The van der Waals surface area contributed by atoms with E-state index in [0.29, 0.717) is 23.4 Å². The van der Waals surface area contributed by atoms with E-state index < -0.39 is 0 Å². The maximum Gasteiger partial charge on any atom is 0.229 e. The lowest BCUT2D eigenvalue weighted by atomic mass is 9.83. The molecule has 110 valence electrons. The van der Waals surface area contributed by atoms with Crippen LogP contribution in [0.1, 0.15) is 44.7 Å². The average Bonchev–Trinajstić information content (AvgIpc) is 3.28. The van der Waals surface area contributed by atoms with Gasteiger partial charge in [-0.05, 0) is 54.9 Å². The monoisotopic (exact) mass is 282 g/mol. The van der Waals surface area contributed by atoms with E-state index in [4.69, 9.17) is 5.26 Å². The average molecular weight is 282 g/mol. The van der Waals surface area contributed by atoms with Gasteiger partial charge in [-0.3, -0.25) is 4.79 Å². The van der Waals surface area contributed by atoms with Crippen LogP contribution in [0.3, 0.4) is 0 Å². The third-order valence-electron chi connectivity index (χ3n) is 4.73. The molecule has 0 aromatic heterocycles. The van der Waals surface area contributed by atoms with E-state index in [1.165, 1.54) is 12.8 Å². The second kappa shape index (κ2) is 5.18. The van der Waals surface area contributed by atoms with Crippen LogP contribution >= 0.6 is 0 Å². The SMILES string of the molecule is CC(C)C(=O)N1c2ccc(C#N)cc2CC(C)[C@@H]1C1CC1. The molecule has 1 aliphatic carbocycles. The van der Waals surface area contributed by atoms with Crippen LogP contribution in [0, 0.1) is 29.1 Å². The summed E-state index contributed by atoms with van der Waals surface area (Å²) in [6.45, 7) is 6.18. The lowest BCUT2D eigenvalue weighted by Gasteiger charge is -2.42. The Labute approximate surface area is 126 Å². The third kappa shape index (κ3) is 2.44. The van der Waals surface area contributed by atoms with E-state index in [-0.39, 0.29) is 11.8 Å². The molecule has 1 aromatic carbocycles. The fourth-order valence-corrected chi connectivity index (χ4v) is 3.59. The van der Waals surface area contributed by atoms with Gasteiger partial charge in [0.25, 0.3) is 0 Å². The van der Waals surface area contributed by atoms with Gasteiger partial charge in [0.1, 0.15) is 0 Å². The first kappa shape index (κ1) is 14.1. The van der Waals surface area contributed by atoms with Gasteiger partial charge in [-0.2, -0.15) is 5.26 Å². The summed E-state index contributed by atoms with van der Waals surface area (Å²) >= 11 is 0. The van der Waals surface area contributed by atoms with E-state index in [2.05, 4.69) is 13.0 Å². The van der Waals surface area contributed by atoms with E-state index >= 15 is 0 Å². The molecule has 1 fully saturated rings. The van der Waals surface area contributed by atoms with Crippen molar-refractivity contribution in [2.24, 2.45) is 17.8 Å². The number of rotatable bonds is 2. The Kier molecular flexibility index (Phi) is 3.49. The smallest absolute Gasteiger partial charge is 0.229 e. The Balaban J connectivity index is 2.07. The highest BCUT2D eigenvalue weighted by molar-refractivity contribution is 5.96. The number of nitrogens with zero attached hydrogens (tertiary/aromatic N) is 2. The minimum atomic E-state index is 0.0000401. The van der Waals surface area contributed by atoms with Crippen molar-refractivity contribution in [2.75, 3.05) is 4.90 Å². The Bertz CT molecular complexity index is 610. The highest BCUT2D eigenvalue weighted by atomic mass is 16.2. The molecular weight excluding hydrogens is 260 g/mol. The van der Waals surface area contributed by atoms with Gasteiger partial charge < -0.3 is 4.90 Å². The predicted octanol–water partition coefficient (Wildman–Crippen LogP) is 3.52. The molecule has 1 unspecified atom stereocenters.